The first kappa shape index (κ1) is 25.2. The van der Waals surface area contributed by atoms with Crippen LogP contribution in [0.2, 0.25) is 0 Å². The second-order valence-corrected chi connectivity index (χ2v) is 8.94. The van der Waals surface area contributed by atoms with E-state index in [1.54, 1.807) is 26.2 Å². The van der Waals surface area contributed by atoms with Gasteiger partial charge in [0.1, 0.15) is 18.2 Å². The molecular weight excluding hydrogens is 481 g/mol. The first-order valence-corrected chi connectivity index (χ1v) is 12.2. The summed E-state index contributed by atoms with van der Waals surface area (Å²) in [5.41, 5.74) is 3.13. The van der Waals surface area contributed by atoms with Crippen LogP contribution in [0.5, 0.6) is 5.75 Å². The second-order valence-electron chi connectivity index (χ2n) is 8.10. The summed E-state index contributed by atoms with van der Waals surface area (Å²) in [6, 6.07) is 12.8. The van der Waals surface area contributed by atoms with Crippen molar-refractivity contribution in [2.24, 2.45) is 4.99 Å². The van der Waals surface area contributed by atoms with Crippen LogP contribution >= 0.6 is 11.8 Å². The zero-order valence-corrected chi connectivity index (χ0v) is 20.8. The average molecular weight is 508 g/mol. The van der Waals surface area contributed by atoms with E-state index >= 15 is 0 Å². The van der Waals surface area contributed by atoms with Crippen molar-refractivity contribution in [2.45, 2.75) is 25.9 Å². The van der Waals surface area contributed by atoms with Crippen LogP contribution in [-0.4, -0.2) is 35.7 Å². The molecule has 0 fully saturated rings. The summed E-state index contributed by atoms with van der Waals surface area (Å²) in [6.45, 7) is 5.72. The predicted molar refractivity (Wildman–Crippen MR) is 137 cm³/mol. The van der Waals surface area contributed by atoms with E-state index in [0.29, 0.717) is 27.9 Å². The number of amides is 1. The molecule has 0 spiro atoms. The maximum absolute atomic E-state index is 13.2. The van der Waals surface area contributed by atoms with Crippen LogP contribution in [0.15, 0.2) is 88.6 Å². The molecule has 4 rings (SSSR count). The van der Waals surface area contributed by atoms with Gasteiger partial charge in [-0.15, -0.1) is 0 Å². The maximum atomic E-state index is 13.2. The number of fused-ring (bicyclic) bond motifs is 1. The lowest BCUT2D eigenvalue weighted by atomic mass is 9.93. The fourth-order valence-electron chi connectivity index (χ4n) is 4.06. The summed E-state index contributed by atoms with van der Waals surface area (Å²) in [5, 5.41) is 5.39. The summed E-state index contributed by atoms with van der Waals surface area (Å²) in [5.74, 6) is -0.456. The number of amidine groups is 1. The number of nitrogens with zero attached hydrogens (tertiary/aromatic N) is 2. The Hall–Kier alpha value is -3.85. The van der Waals surface area contributed by atoms with Crippen LogP contribution in [-0.2, 0) is 20.9 Å². The van der Waals surface area contributed by atoms with Crippen molar-refractivity contribution >= 4 is 28.8 Å². The van der Waals surface area contributed by atoms with Crippen LogP contribution in [0.1, 0.15) is 30.5 Å². The largest absolute Gasteiger partial charge is 0.496 e. The first-order chi connectivity index (χ1) is 17.4. The summed E-state index contributed by atoms with van der Waals surface area (Å²) < 4.78 is 24.2. The molecule has 7 nitrogen and oxygen atoms in total. The molecule has 0 radical (unpaired) electrons. The van der Waals surface area contributed by atoms with Gasteiger partial charge in [-0.1, -0.05) is 54.7 Å². The number of ether oxygens (including phenoxy) is 2. The Kier molecular flexibility index (Phi) is 7.90. The van der Waals surface area contributed by atoms with Gasteiger partial charge in [-0.25, -0.2) is 14.2 Å². The minimum absolute atomic E-state index is 0.0624. The van der Waals surface area contributed by atoms with Gasteiger partial charge in [0, 0.05) is 17.8 Å². The van der Waals surface area contributed by atoms with Gasteiger partial charge in [-0.05, 0) is 36.1 Å². The molecule has 1 amide bonds. The number of carbonyl (C=O) groups excluding carboxylic acids is 2. The molecule has 2 aromatic carbocycles. The maximum Gasteiger partial charge on any atom is 0.338 e. The SMILES string of the molecule is C=CCOC(=O)C1=C(C)N=C2SC=C(CC(=O)NCc3ccc(F)cc3)N2[C@@H]1c1ccccc1OC. The van der Waals surface area contributed by atoms with E-state index in [0.717, 1.165) is 11.1 Å². The highest BCUT2D eigenvalue weighted by Crippen LogP contribution is 2.46. The first-order valence-electron chi connectivity index (χ1n) is 11.3. The quantitative estimate of drug-likeness (QED) is 0.386. The van der Waals surface area contributed by atoms with Gasteiger partial charge >= 0.3 is 5.97 Å². The molecule has 2 aliphatic heterocycles. The molecule has 36 heavy (non-hydrogen) atoms. The fraction of sp³-hybridized carbons (Fsp3) is 0.222. The average Bonchev–Trinajstić information content (AvgIpc) is 3.27. The lowest BCUT2D eigenvalue weighted by molar-refractivity contribution is -0.138. The predicted octanol–water partition coefficient (Wildman–Crippen LogP) is 4.84. The smallest absolute Gasteiger partial charge is 0.338 e. The molecule has 1 N–H and O–H groups in total. The number of para-hydroxylation sites is 1. The number of esters is 1. The van der Waals surface area contributed by atoms with E-state index in [-0.39, 0.29) is 31.3 Å². The number of aliphatic imine (C=N–C) groups is 1. The number of halogens is 1. The minimum Gasteiger partial charge on any atom is -0.496 e. The van der Waals surface area contributed by atoms with Crippen molar-refractivity contribution in [1.29, 1.82) is 0 Å². The third kappa shape index (κ3) is 5.36. The van der Waals surface area contributed by atoms with Crippen LogP contribution in [0, 0.1) is 5.82 Å². The highest BCUT2D eigenvalue weighted by atomic mass is 32.2. The Balaban J connectivity index is 1.62. The number of carbonyl (C=O) groups is 2. The summed E-state index contributed by atoms with van der Waals surface area (Å²) >= 11 is 1.39. The molecular formula is C27H26FN3O4S. The van der Waals surface area contributed by atoms with Crippen LogP contribution in [0.4, 0.5) is 4.39 Å². The monoisotopic (exact) mass is 507 g/mol. The van der Waals surface area contributed by atoms with Crippen molar-refractivity contribution in [2.75, 3.05) is 13.7 Å². The zero-order chi connectivity index (χ0) is 25.7. The van der Waals surface area contributed by atoms with Crippen LogP contribution in [0.25, 0.3) is 0 Å². The summed E-state index contributed by atoms with van der Waals surface area (Å²) in [7, 11) is 1.57. The summed E-state index contributed by atoms with van der Waals surface area (Å²) in [6.07, 6.45) is 1.57. The molecule has 0 aliphatic carbocycles. The summed E-state index contributed by atoms with van der Waals surface area (Å²) in [4.78, 5) is 32.5. The standard InChI is InChI=1S/C27H26FN3O4S/c1-4-13-35-26(33)24-17(2)30-27-31(25(24)21-7-5-6-8-22(21)34-3)20(16-36-27)14-23(32)29-15-18-9-11-19(28)12-10-18/h4-12,16,25H,1,13-15H2,2-3H3,(H,29,32)/t25-/m1/s1. The van der Waals surface area contributed by atoms with Crippen molar-refractivity contribution in [3.05, 3.63) is 101 Å². The van der Waals surface area contributed by atoms with E-state index in [1.807, 2.05) is 34.6 Å². The third-order valence-corrected chi connectivity index (χ3v) is 6.62. The number of rotatable bonds is 9. The molecule has 2 heterocycles. The highest BCUT2D eigenvalue weighted by molar-refractivity contribution is 8.16. The van der Waals surface area contributed by atoms with Crippen molar-refractivity contribution < 1.29 is 23.5 Å². The molecule has 1 atom stereocenters. The number of allylic oxidation sites excluding steroid dienone is 1. The Bertz CT molecular complexity index is 1270. The normalized spacial score (nSPS) is 16.6. The van der Waals surface area contributed by atoms with Gasteiger partial charge in [0.2, 0.25) is 5.91 Å². The number of thioether (sulfide) groups is 1. The number of hydrogen-bond acceptors (Lipinski definition) is 7. The molecule has 2 aliphatic rings. The lowest BCUT2D eigenvalue weighted by Gasteiger charge is -2.36. The van der Waals surface area contributed by atoms with Crippen molar-refractivity contribution in [1.82, 2.24) is 10.2 Å². The van der Waals surface area contributed by atoms with Gasteiger partial charge in [0.25, 0.3) is 0 Å². The lowest BCUT2D eigenvalue weighted by Crippen LogP contribution is -2.38. The van der Waals surface area contributed by atoms with Gasteiger partial charge in [0.15, 0.2) is 5.17 Å². The van der Waals surface area contributed by atoms with E-state index in [9.17, 15) is 14.0 Å². The van der Waals surface area contributed by atoms with E-state index in [2.05, 4.69) is 16.9 Å². The second kappa shape index (κ2) is 11.3. The minimum atomic E-state index is -0.600. The van der Waals surface area contributed by atoms with Gasteiger partial charge in [0.05, 0.1) is 30.8 Å². The molecule has 186 valence electrons. The molecule has 0 unspecified atom stereocenters. The van der Waals surface area contributed by atoms with Crippen LogP contribution in [0.3, 0.4) is 0 Å². The molecule has 0 aromatic heterocycles. The Morgan fingerprint density at radius 3 is 2.69 bits per heavy atom. The zero-order valence-electron chi connectivity index (χ0n) is 20.0. The number of methoxy groups -OCH3 is 1. The fourth-order valence-corrected chi connectivity index (χ4v) is 5.02. The van der Waals surface area contributed by atoms with Crippen LogP contribution < -0.4 is 10.1 Å². The molecule has 9 heteroatoms. The van der Waals surface area contributed by atoms with E-state index in [4.69, 9.17) is 9.47 Å². The number of hydrogen-bond donors (Lipinski definition) is 1. The molecule has 0 saturated heterocycles. The number of benzene rings is 2. The highest BCUT2D eigenvalue weighted by Gasteiger charge is 2.42. The topological polar surface area (TPSA) is 80.2 Å². The van der Waals surface area contributed by atoms with Gasteiger partial charge < -0.3 is 19.7 Å². The third-order valence-electron chi connectivity index (χ3n) is 5.73. The van der Waals surface area contributed by atoms with Crippen molar-refractivity contribution in [3.63, 3.8) is 0 Å². The molecule has 0 bridgehead atoms. The number of nitrogens with one attached hydrogen (secondary N) is 1. The molecule has 2 aromatic rings. The van der Waals surface area contributed by atoms with Gasteiger partial charge in [-0.2, -0.15) is 0 Å². The van der Waals surface area contributed by atoms with E-state index < -0.39 is 12.0 Å². The Morgan fingerprint density at radius 1 is 1.22 bits per heavy atom. The van der Waals surface area contributed by atoms with Crippen molar-refractivity contribution in [3.8, 4) is 5.75 Å². The van der Waals surface area contributed by atoms with Gasteiger partial charge in [-0.3, -0.25) is 4.79 Å². The van der Waals surface area contributed by atoms with E-state index in [1.165, 1.54) is 30.0 Å². The Labute approximate surface area is 213 Å². The molecule has 0 saturated carbocycles. The Morgan fingerprint density at radius 2 is 1.97 bits per heavy atom.